The average Bonchev–Trinajstić information content (AvgIpc) is 3.07. The molecule has 26 heavy (non-hydrogen) atoms. The van der Waals surface area contributed by atoms with Crippen LogP contribution in [0.3, 0.4) is 0 Å². The molecule has 1 aromatic carbocycles. The van der Waals surface area contributed by atoms with Crippen LogP contribution in [0.25, 0.3) is 22.1 Å². The topological polar surface area (TPSA) is 91.7 Å². The highest BCUT2D eigenvalue weighted by Gasteiger charge is 2.12. The summed E-state index contributed by atoms with van der Waals surface area (Å²) in [6, 6.07) is 12.3. The summed E-state index contributed by atoms with van der Waals surface area (Å²) < 4.78 is 13.9. The average molecular weight is 366 g/mol. The van der Waals surface area contributed by atoms with Gasteiger partial charge in [0.15, 0.2) is 5.82 Å². The first-order chi connectivity index (χ1) is 12.5. The maximum absolute atomic E-state index is 13.9. The van der Waals surface area contributed by atoms with Crippen LogP contribution in [-0.2, 0) is 0 Å². The first-order valence-corrected chi connectivity index (χ1v) is 8.45. The molecule has 0 amide bonds. The lowest BCUT2D eigenvalue weighted by atomic mass is 10.2. The molecule has 0 bridgehead atoms. The van der Waals surface area contributed by atoms with Crippen LogP contribution in [0.4, 0.5) is 16.3 Å². The zero-order valence-electron chi connectivity index (χ0n) is 14.1. The summed E-state index contributed by atoms with van der Waals surface area (Å²) >= 11 is 1.37. The lowest BCUT2D eigenvalue weighted by Crippen LogP contribution is -2.15. The molecule has 0 saturated carbocycles. The molecule has 2 N–H and O–H groups in total. The van der Waals surface area contributed by atoms with Gasteiger partial charge in [0, 0.05) is 29.4 Å². The molecule has 0 aliphatic carbocycles. The Hall–Kier alpha value is -3.31. The van der Waals surface area contributed by atoms with Crippen molar-refractivity contribution in [2.45, 2.75) is 0 Å². The van der Waals surface area contributed by atoms with Gasteiger partial charge in [-0.25, -0.2) is 4.39 Å². The molecule has 3 rings (SSSR count). The monoisotopic (exact) mass is 366 g/mol. The largest absolute Gasteiger partial charge is 0.368 e. The molecule has 6 nitrogen and oxygen atoms in total. The van der Waals surface area contributed by atoms with Crippen LogP contribution >= 0.6 is 11.3 Å². The molecule has 0 unspecified atom stereocenters. The van der Waals surface area contributed by atoms with E-state index in [1.165, 1.54) is 17.4 Å². The molecule has 0 spiro atoms. The maximum Gasteiger partial charge on any atom is 0.230 e. The van der Waals surface area contributed by atoms with E-state index in [0.717, 1.165) is 9.75 Å². The summed E-state index contributed by atoms with van der Waals surface area (Å²) in [6.07, 6.45) is 1.66. The number of nitriles is 1. The fourth-order valence-corrected chi connectivity index (χ4v) is 3.20. The molecule has 0 atom stereocenters. The van der Waals surface area contributed by atoms with Gasteiger partial charge in [-0.2, -0.15) is 20.2 Å². The predicted molar refractivity (Wildman–Crippen MR) is 102 cm³/mol. The highest BCUT2D eigenvalue weighted by atomic mass is 32.1. The van der Waals surface area contributed by atoms with Crippen LogP contribution in [0.5, 0.6) is 0 Å². The van der Waals surface area contributed by atoms with Gasteiger partial charge < -0.3 is 10.6 Å². The molecule has 0 saturated heterocycles. The van der Waals surface area contributed by atoms with E-state index < -0.39 is 0 Å². The van der Waals surface area contributed by atoms with Gasteiger partial charge in [-0.15, -0.1) is 11.3 Å². The second-order valence-corrected chi connectivity index (χ2v) is 6.68. The SMILES string of the molecule is CN(C)c1nc(N)nc(C(C#N)=Cc2ccc(-c3ccccc3F)s2)n1. The number of rotatable bonds is 4. The zero-order chi connectivity index (χ0) is 18.7. The third-order valence-corrected chi connectivity index (χ3v) is 4.52. The van der Waals surface area contributed by atoms with Gasteiger partial charge in [0.05, 0.1) is 5.57 Å². The van der Waals surface area contributed by atoms with Gasteiger partial charge in [0.1, 0.15) is 11.9 Å². The van der Waals surface area contributed by atoms with Crippen LogP contribution in [-0.4, -0.2) is 29.0 Å². The number of anilines is 2. The quantitative estimate of drug-likeness (QED) is 0.711. The van der Waals surface area contributed by atoms with Crippen molar-refractivity contribution in [2.24, 2.45) is 0 Å². The Morgan fingerprint density at radius 3 is 2.65 bits per heavy atom. The zero-order valence-corrected chi connectivity index (χ0v) is 15.0. The summed E-state index contributed by atoms with van der Waals surface area (Å²) in [5, 5.41) is 9.50. The molecule has 0 aliphatic heterocycles. The second-order valence-electron chi connectivity index (χ2n) is 5.56. The Labute approximate surface area is 154 Å². The number of hydrogen-bond acceptors (Lipinski definition) is 7. The Bertz CT molecular complexity index is 1020. The highest BCUT2D eigenvalue weighted by molar-refractivity contribution is 7.16. The van der Waals surface area contributed by atoms with Crippen molar-refractivity contribution in [1.29, 1.82) is 5.26 Å². The van der Waals surface area contributed by atoms with E-state index in [1.54, 1.807) is 43.3 Å². The number of halogens is 1. The first-order valence-electron chi connectivity index (χ1n) is 7.63. The van der Waals surface area contributed by atoms with Crippen molar-refractivity contribution < 1.29 is 4.39 Å². The van der Waals surface area contributed by atoms with Crippen molar-refractivity contribution >= 4 is 34.9 Å². The molecule has 2 aromatic heterocycles. The second kappa shape index (κ2) is 7.29. The fourth-order valence-electron chi connectivity index (χ4n) is 2.23. The van der Waals surface area contributed by atoms with Gasteiger partial charge in [-0.1, -0.05) is 18.2 Å². The number of nitrogens with zero attached hydrogens (tertiary/aromatic N) is 5. The van der Waals surface area contributed by atoms with E-state index >= 15 is 0 Å². The molecule has 3 aromatic rings. The lowest BCUT2D eigenvalue weighted by Gasteiger charge is -2.10. The summed E-state index contributed by atoms with van der Waals surface area (Å²) in [5.41, 5.74) is 6.49. The number of allylic oxidation sites excluding steroid dienone is 1. The maximum atomic E-state index is 13.9. The molecule has 2 heterocycles. The minimum absolute atomic E-state index is 0.0399. The number of nitrogens with two attached hydrogens (primary N) is 1. The van der Waals surface area contributed by atoms with Crippen LogP contribution in [0.2, 0.25) is 0 Å². The first kappa shape index (κ1) is 17.5. The number of thiophene rings is 1. The Kier molecular flexibility index (Phi) is 4.91. The van der Waals surface area contributed by atoms with Crippen LogP contribution in [0, 0.1) is 17.1 Å². The Balaban J connectivity index is 1.99. The van der Waals surface area contributed by atoms with Crippen molar-refractivity contribution in [1.82, 2.24) is 15.0 Å². The molecule has 0 fully saturated rings. The fraction of sp³-hybridized carbons (Fsp3) is 0.111. The number of nitrogen functional groups attached to an aromatic ring is 1. The lowest BCUT2D eigenvalue weighted by molar-refractivity contribution is 0.631. The summed E-state index contributed by atoms with van der Waals surface area (Å²) in [4.78, 5) is 15.6. The summed E-state index contributed by atoms with van der Waals surface area (Å²) in [7, 11) is 3.54. The van der Waals surface area contributed by atoms with E-state index in [9.17, 15) is 9.65 Å². The third kappa shape index (κ3) is 3.68. The number of benzene rings is 1. The molecule has 0 aliphatic rings. The molecular weight excluding hydrogens is 351 g/mol. The van der Waals surface area contributed by atoms with Crippen LogP contribution in [0.15, 0.2) is 36.4 Å². The molecule has 0 radical (unpaired) electrons. The van der Waals surface area contributed by atoms with E-state index in [-0.39, 0.29) is 23.2 Å². The van der Waals surface area contributed by atoms with Gasteiger partial charge in [0.2, 0.25) is 11.9 Å². The van der Waals surface area contributed by atoms with Crippen LogP contribution < -0.4 is 10.6 Å². The van der Waals surface area contributed by atoms with Crippen molar-refractivity contribution in [2.75, 3.05) is 24.7 Å². The Morgan fingerprint density at radius 1 is 1.19 bits per heavy atom. The molecular formula is C18H15FN6S. The smallest absolute Gasteiger partial charge is 0.230 e. The Morgan fingerprint density at radius 2 is 1.96 bits per heavy atom. The van der Waals surface area contributed by atoms with E-state index in [1.807, 2.05) is 12.1 Å². The predicted octanol–water partition coefficient (Wildman–Crippen LogP) is 3.45. The van der Waals surface area contributed by atoms with Crippen molar-refractivity contribution in [3.05, 3.63) is 52.9 Å². The van der Waals surface area contributed by atoms with E-state index in [4.69, 9.17) is 5.73 Å². The normalized spacial score (nSPS) is 11.2. The van der Waals surface area contributed by atoms with Gasteiger partial charge in [-0.05, 0) is 24.3 Å². The minimum atomic E-state index is -0.286. The van der Waals surface area contributed by atoms with Gasteiger partial charge in [-0.3, -0.25) is 0 Å². The van der Waals surface area contributed by atoms with Gasteiger partial charge in [0.25, 0.3) is 0 Å². The van der Waals surface area contributed by atoms with Gasteiger partial charge >= 0.3 is 0 Å². The summed E-state index contributed by atoms with van der Waals surface area (Å²) in [5.74, 6) is 0.320. The summed E-state index contributed by atoms with van der Waals surface area (Å²) in [6.45, 7) is 0. The van der Waals surface area contributed by atoms with Crippen molar-refractivity contribution in [3.8, 4) is 16.5 Å². The van der Waals surface area contributed by atoms with Crippen molar-refractivity contribution in [3.63, 3.8) is 0 Å². The van der Waals surface area contributed by atoms with Crippen LogP contribution in [0.1, 0.15) is 10.7 Å². The van der Waals surface area contributed by atoms with E-state index in [2.05, 4.69) is 21.0 Å². The molecule has 8 heteroatoms. The minimum Gasteiger partial charge on any atom is -0.368 e. The number of aromatic nitrogens is 3. The highest BCUT2D eigenvalue weighted by Crippen LogP contribution is 2.31. The van der Waals surface area contributed by atoms with E-state index in [0.29, 0.717) is 11.5 Å². The number of hydrogen-bond donors (Lipinski definition) is 1. The molecule has 130 valence electrons. The third-order valence-electron chi connectivity index (χ3n) is 3.45. The standard InChI is InChI=1S/C18H15FN6S/c1-25(2)18-23-16(22-17(21)24-18)11(10-20)9-12-7-8-15(26-12)13-5-3-4-6-14(13)19/h3-9H,1-2H3,(H2,21,22,23,24).